The van der Waals surface area contributed by atoms with Gasteiger partial charge in [-0.25, -0.2) is 0 Å². The number of benzene rings is 1. The van der Waals surface area contributed by atoms with Crippen molar-refractivity contribution >= 4 is 0 Å². The van der Waals surface area contributed by atoms with Gasteiger partial charge < -0.3 is 14.9 Å². The maximum absolute atomic E-state index is 10.2. The van der Waals surface area contributed by atoms with Crippen molar-refractivity contribution < 1.29 is 14.9 Å². The topological polar surface area (TPSA) is 49.7 Å². The van der Waals surface area contributed by atoms with Gasteiger partial charge in [-0.15, -0.1) is 0 Å². The molecule has 0 spiro atoms. The maximum atomic E-state index is 10.2. The van der Waals surface area contributed by atoms with Crippen LogP contribution in [0.5, 0.6) is 11.5 Å². The lowest BCUT2D eigenvalue weighted by atomic mass is 9.87. The van der Waals surface area contributed by atoms with E-state index in [1.165, 1.54) is 12.0 Å². The van der Waals surface area contributed by atoms with E-state index >= 15 is 0 Å². The van der Waals surface area contributed by atoms with Crippen LogP contribution in [-0.4, -0.2) is 23.9 Å². The molecule has 1 aromatic rings. The average molecular weight is 236 g/mol. The first kappa shape index (κ1) is 12.2. The number of aliphatic hydroxyl groups is 1. The molecule has 0 saturated carbocycles. The van der Waals surface area contributed by atoms with E-state index in [-0.39, 0.29) is 6.61 Å². The SMILES string of the molecule is COc1cc(CCCO)c(O)c2c1CCCC2. The molecular formula is C14H20O3. The highest BCUT2D eigenvalue weighted by Gasteiger charge is 2.20. The number of methoxy groups -OCH3 is 1. The molecule has 0 aliphatic heterocycles. The van der Waals surface area contributed by atoms with Crippen molar-refractivity contribution in [3.63, 3.8) is 0 Å². The molecule has 1 aliphatic carbocycles. The summed E-state index contributed by atoms with van der Waals surface area (Å²) < 4.78 is 5.41. The fourth-order valence-corrected chi connectivity index (χ4v) is 2.59. The van der Waals surface area contributed by atoms with Crippen molar-refractivity contribution in [3.05, 3.63) is 22.8 Å². The summed E-state index contributed by atoms with van der Waals surface area (Å²) in [5.41, 5.74) is 3.13. The third kappa shape index (κ3) is 2.39. The van der Waals surface area contributed by atoms with Crippen molar-refractivity contribution in [1.82, 2.24) is 0 Å². The molecule has 3 heteroatoms. The molecule has 0 heterocycles. The van der Waals surface area contributed by atoms with Crippen LogP contribution in [0.4, 0.5) is 0 Å². The number of fused-ring (bicyclic) bond motifs is 1. The van der Waals surface area contributed by atoms with Crippen molar-refractivity contribution in [2.24, 2.45) is 0 Å². The van der Waals surface area contributed by atoms with Crippen LogP contribution in [0.2, 0.25) is 0 Å². The standard InChI is InChI=1S/C14H20O3/c1-17-13-9-10(5-4-8-15)14(16)12-7-3-2-6-11(12)13/h9,15-16H,2-8H2,1H3. The van der Waals surface area contributed by atoms with Gasteiger partial charge in [0.2, 0.25) is 0 Å². The first-order chi connectivity index (χ1) is 8.27. The zero-order chi connectivity index (χ0) is 12.3. The number of hydrogen-bond donors (Lipinski definition) is 2. The summed E-state index contributed by atoms with van der Waals surface area (Å²) in [6.07, 6.45) is 5.60. The fraction of sp³-hybridized carbons (Fsp3) is 0.571. The van der Waals surface area contributed by atoms with E-state index < -0.39 is 0 Å². The third-order valence-electron chi connectivity index (χ3n) is 3.48. The zero-order valence-corrected chi connectivity index (χ0v) is 10.3. The second kappa shape index (κ2) is 5.41. The number of aryl methyl sites for hydroxylation is 1. The summed E-state index contributed by atoms with van der Waals surface area (Å²) in [6.45, 7) is 0.152. The van der Waals surface area contributed by atoms with Crippen LogP contribution in [0.15, 0.2) is 6.07 Å². The van der Waals surface area contributed by atoms with E-state index in [4.69, 9.17) is 9.84 Å². The minimum Gasteiger partial charge on any atom is -0.507 e. The Morgan fingerprint density at radius 2 is 1.94 bits per heavy atom. The normalized spacial score (nSPS) is 14.5. The molecule has 1 aromatic carbocycles. The molecule has 2 rings (SSSR count). The summed E-state index contributed by atoms with van der Waals surface area (Å²) >= 11 is 0. The molecule has 94 valence electrons. The summed E-state index contributed by atoms with van der Waals surface area (Å²) in [7, 11) is 1.68. The molecule has 0 aromatic heterocycles. The van der Waals surface area contributed by atoms with Gasteiger partial charge in [0.15, 0.2) is 0 Å². The number of aliphatic hydroxyl groups excluding tert-OH is 1. The van der Waals surface area contributed by atoms with Gasteiger partial charge in [0.25, 0.3) is 0 Å². The Hall–Kier alpha value is -1.22. The van der Waals surface area contributed by atoms with Crippen LogP contribution >= 0.6 is 0 Å². The monoisotopic (exact) mass is 236 g/mol. The molecule has 2 N–H and O–H groups in total. The molecule has 0 radical (unpaired) electrons. The molecule has 0 saturated heterocycles. The van der Waals surface area contributed by atoms with E-state index in [0.29, 0.717) is 18.6 Å². The summed E-state index contributed by atoms with van der Waals surface area (Å²) in [4.78, 5) is 0. The zero-order valence-electron chi connectivity index (χ0n) is 10.3. The van der Waals surface area contributed by atoms with E-state index in [9.17, 15) is 5.11 Å². The predicted octanol–water partition coefficient (Wildman–Crippen LogP) is 2.20. The highest BCUT2D eigenvalue weighted by Crippen LogP contribution is 2.38. The van der Waals surface area contributed by atoms with Gasteiger partial charge in [0.1, 0.15) is 11.5 Å². The molecule has 1 aliphatic rings. The van der Waals surface area contributed by atoms with E-state index in [2.05, 4.69) is 0 Å². The number of phenols is 1. The molecule has 0 atom stereocenters. The Morgan fingerprint density at radius 3 is 2.59 bits per heavy atom. The van der Waals surface area contributed by atoms with Crippen molar-refractivity contribution in [2.45, 2.75) is 38.5 Å². The van der Waals surface area contributed by atoms with Crippen LogP contribution in [0.25, 0.3) is 0 Å². The highest BCUT2D eigenvalue weighted by molar-refractivity contribution is 5.54. The van der Waals surface area contributed by atoms with Gasteiger partial charge in [-0.05, 0) is 50.2 Å². The lowest BCUT2D eigenvalue weighted by Gasteiger charge is -2.22. The maximum Gasteiger partial charge on any atom is 0.122 e. The van der Waals surface area contributed by atoms with Gasteiger partial charge in [-0.2, -0.15) is 0 Å². The average Bonchev–Trinajstić information content (AvgIpc) is 2.38. The van der Waals surface area contributed by atoms with Crippen LogP contribution in [0.1, 0.15) is 36.0 Å². The fourth-order valence-electron chi connectivity index (χ4n) is 2.59. The second-order valence-electron chi connectivity index (χ2n) is 4.58. The third-order valence-corrected chi connectivity index (χ3v) is 3.48. The van der Waals surface area contributed by atoms with E-state index in [0.717, 1.165) is 36.1 Å². The summed E-state index contributed by atoms with van der Waals surface area (Å²) in [5.74, 6) is 1.32. The molecule has 3 nitrogen and oxygen atoms in total. The van der Waals surface area contributed by atoms with E-state index in [1.54, 1.807) is 7.11 Å². The van der Waals surface area contributed by atoms with Crippen LogP contribution < -0.4 is 4.74 Å². The Balaban J connectivity index is 2.41. The van der Waals surface area contributed by atoms with Crippen LogP contribution in [-0.2, 0) is 19.3 Å². The smallest absolute Gasteiger partial charge is 0.122 e. The number of ether oxygens (including phenoxy) is 1. The molecular weight excluding hydrogens is 216 g/mol. The Morgan fingerprint density at radius 1 is 1.24 bits per heavy atom. The largest absolute Gasteiger partial charge is 0.507 e. The summed E-state index contributed by atoms with van der Waals surface area (Å²) in [5, 5.41) is 19.1. The molecule has 0 fully saturated rings. The Bertz CT molecular complexity index is 399. The number of phenolic OH excluding ortho intramolecular Hbond substituents is 1. The molecule has 17 heavy (non-hydrogen) atoms. The van der Waals surface area contributed by atoms with E-state index in [1.807, 2.05) is 6.07 Å². The predicted molar refractivity (Wildman–Crippen MR) is 66.7 cm³/mol. The Labute approximate surface area is 102 Å². The minimum atomic E-state index is 0.152. The van der Waals surface area contributed by atoms with Crippen molar-refractivity contribution in [1.29, 1.82) is 0 Å². The molecule has 0 amide bonds. The lowest BCUT2D eigenvalue weighted by Crippen LogP contribution is -2.07. The van der Waals surface area contributed by atoms with Gasteiger partial charge in [0, 0.05) is 17.7 Å². The van der Waals surface area contributed by atoms with Crippen molar-refractivity contribution in [2.75, 3.05) is 13.7 Å². The van der Waals surface area contributed by atoms with Crippen LogP contribution in [0, 0.1) is 0 Å². The van der Waals surface area contributed by atoms with Gasteiger partial charge >= 0.3 is 0 Å². The number of hydrogen-bond acceptors (Lipinski definition) is 3. The van der Waals surface area contributed by atoms with Gasteiger partial charge in [-0.3, -0.25) is 0 Å². The first-order valence-corrected chi connectivity index (χ1v) is 6.29. The summed E-state index contributed by atoms with van der Waals surface area (Å²) in [6, 6.07) is 1.93. The number of rotatable bonds is 4. The quantitative estimate of drug-likeness (QED) is 0.842. The lowest BCUT2D eigenvalue weighted by molar-refractivity contribution is 0.287. The minimum absolute atomic E-state index is 0.152. The highest BCUT2D eigenvalue weighted by atomic mass is 16.5. The van der Waals surface area contributed by atoms with Crippen molar-refractivity contribution in [3.8, 4) is 11.5 Å². The molecule has 0 bridgehead atoms. The number of aromatic hydroxyl groups is 1. The first-order valence-electron chi connectivity index (χ1n) is 6.29. The van der Waals surface area contributed by atoms with Gasteiger partial charge in [0.05, 0.1) is 7.11 Å². The second-order valence-corrected chi connectivity index (χ2v) is 4.58. The van der Waals surface area contributed by atoms with Gasteiger partial charge in [-0.1, -0.05) is 0 Å². The molecule has 0 unspecified atom stereocenters. The van der Waals surface area contributed by atoms with Crippen LogP contribution in [0.3, 0.4) is 0 Å². The Kier molecular flexibility index (Phi) is 3.89.